The van der Waals surface area contributed by atoms with Crippen molar-refractivity contribution in [2.45, 2.75) is 57.7 Å². The number of urea groups is 1. The van der Waals surface area contributed by atoms with Gasteiger partial charge in [0.25, 0.3) is 0 Å². The zero-order valence-electron chi connectivity index (χ0n) is 13.4. The van der Waals surface area contributed by atoms with Crippen LogP contribution in [-0.4, -0.2) is 29.8 Å². The molecule has 0 radical (unpaired) electrons. The summed E-state index contributed by atoms with van der Waals surface area (Å²) in [6.45, 7) is 4.49. The van der Waals surface area contributed by atoms with Crippen LogP contribution < -0.4 is 16.0 Å². The molecule has 1 aliphatic rings. The van der Waals surface area contributed by atoms with E-state index in [2.05, 4.69) is 29.8 Å². The summed E-state index contributed by atoms with van der Waals surface area (Å²) < 4.78 is 0. The van der Waals surface area contributed by atoms with E-state index in [0.29, 0.717) is 12.1 Å². The second-order valence-corrected chi connectivity index (χ2v) is 6.15. The van der Waals surface area contributed by atoms with Crippen molar-refractivity contribution in [1.82, 2.24) is 10.6 Å². The number of hydrogen-bond donors (Lipinski definition) is 4. The highest BCUT2D eigenvalue weighted by Gasteiger charge is 2.23. The number of rotatable bonds is 8. The standard InChI is InChI=1S/C17H27N3O2/c1-12(4-3-11-21)18-13(2)14-5-7-15(8-6-14)19-17(22)20-16-9-10-16/h5-8,12-13,16,18,21H,3-4,9-11H2,1-2H3,(H2,19,20,22). The van der Waals surface area contributed by atoms with Gasteiger partial charge in [-0.15, -0.1) is 0 Å². The van der Waals surface area contributed by atoms with E-state index >= 15 is 0 Å². The Kier molecular flexibility index (Phi) is 6.21. The molecule has 0 saturated heterocycles. The number of aliphatic hydroxyl groups excluding tert-OH is 1. The van der Waals surface area contributed by atoms with Crippen LogP contribution in [0.25, 0.3) is 0 Å². The molecule has 122 valence electrons. The highest BCUT2D eigenvalue weighted by Crippen LogP contribution is 2.20. The number of benzene rings is 1. The molecule has 0 bridgehead atoms. The predicted octanol–water partition coefficient (Wildman–Crippen LogP) is 2.78. The van der Waals surface area contributed by atoms with Gasteiger partial charge in [-0.3, -0.25) is 0 Å². The monoisotopic (exact) mass is 305 g/mol. The smallest absolute Gasteiger partial charge is 0.319 e. The maximum absolute atomic E-state index is 11.7. The Labute approximate surface area is 132 Å². The third-order valence-corrected chi connectivity index (χ3v) is 3.91. The molecule has 5 heteroatoms. The molecule has 5 nitrogen and oxygen atoms in total. The topological polar surface area (TPSA) is 73.4 Å². The van der Waals surface area contributed by atoms with Gasteiger partial charge in [0.1, 0.15) is 0 Å². The van der Waals surface area contributed by atoms with Gasteiger partial charge >= 0.3 is 6.03 Å². The first-order valence-corrected chi connectivity index (χ1v) is 8.13. The lowest BCUT2D eigenvalue weighted by atomic mass is 10.1. The molecule has 2 rings (SSSR count). The van der Waals surface area contributed by atoms with Gasteiger partial charge in [0, 0.05) is 30.4 Å². The van der Waals surface area contributed by atoms with Crippen molar-refractivity contribution < 1.29 is 9.90 Å². The lowest BCUT2D eigenvalue weighted by molar-refractivity contribution is 0.251. The minimum absolute atomic E-state index is 0.126. The molecule has 0 aromatic heterocycles. The van der Waals surface area contributed by atoms with E-state index in [9.17, 15) is 4.79 Å². The number of amides is 2. The summed E-state index contributed by atoms with van der Waals surface area (Å²) in [7, 11) is 0. The molecule has 0 spiro atoms. The van der Waals surface area contributed by atoms with Gasteiger partial charge in [0.05, 0.1) is 0 Å². The van der Waals surface area contributed by atoms with E-state index in [0.717, 1.165) is 31.4 Å². The SMILES string of the molecule is CC(CCCO)NC(C)c1ccc(NC(=O)NC2CC2)cc1. The largest absolute Gasteiger partial charge is 0.396 e. The third kappa shape index (κ3) is 5.66. The Morgan fingerprint density at radius 3 is 2.55 bits per heavy atom. The number of hydrogen-bond acceptors (Lipinski definition) is 3. The van der Waals surface area contributed by atoms with E-state index < -0.39 is 0 Å². The van der Waals surface area contributed by atoms with E-state index in [1.54, 1.807) is 0 Å². The van der Waals surface area contributed by atoms with Crippen LogP contribution >= 0.6 is 0 Å². The molecule has 4 N–H and O–H groups in total. The van der Waals surface area contributed by atoms with Gasteiger partial charge in [0.2, 0.25) is 0 Å². The highest BCUT2D eigenvalue weighted by molar-refractivity contribution is 5.89. The fraction of sp³-hybridized carbons (Fsp3) is 0.588. The fourth-order valence-corrected chi connectivity index (χ4v) is 2.44. The average molecular weight is 305 g/mol. The van der Waals surface area contributed by atoms with Gasteiger partial charge in [-0.25, -0.2) is 4.79 Å². The molecular formula is C17H27N3O2. The zero-order valence-corrected chi connectivity index (χ0v) is 13.4. The Hall–Kier alpha value is -1.59. The molecule has 0 heterocycles. The van der Waals surface area contributed by atoms with Crippen LogP contribution in [0.1, 0.15) is 51.1 Å². The lowest BCUT2D eigenvalue weighted by Gasteiger charge is -2.20. The highest BCUT2D eigenvalue weighted by atomic mass is 16.2. The van der Waals surface area contributed by atoms with Crippen LogP contribution in [0.5, 0.6) is 0 Å². The van der Waals surface area contributed by atoms with E-state index in [4.69, 9.17) is 5.11 Å². The molecule has 1 saturated carbocycles. The van der Waals surface area contributed by atoms with Gasteiger partial charge in [-0.2, -0.15) is 0 Å². The van der Waals surface area contributed by atoms with Crippen molar-refractivity contribution >= 4 is 11.7 Å². The van der Waals surface area contributed by atoms with Crippen LogP contribution in [0.3, 0.4) is 0 Å². The summed E-state index contributed by atoms with van der Waals surface area (Å²) in [5, 5.41) is 18.1. The molecule has 0 aliphatic heterocycles. The van der Waals surface area contributed by atoms with Gasteiger partial charge in [-0.1, -0.05) is 12.1 Å². The van der Waals surface area contributed by atoms with Gasteiger partial charge < -0.3 is 21.1 Å². The van der Waals surface area contributed by atoms with Crippen molar-refractivity contribution in [3.63, 3.8) is 0 Å². The van der Waals surface area contributed by atoms with E-state index in [-0.39, 0.29) is 18.7 Å². The first-order chi connectivity index (χ1) is 10.6. The number of aliphatic hydroxyl groups is 1. The van der Waals surface area contributed by atoms with E-state index in [1.807, 2.05) is 24.3 Å². The minimum Gasteiger partial charge on any atom is -0.396 e. The molecule has 2 unspecified atom stereocenters. The lowest BCUT2D eigenvalue weighted by Crippen LogP contribution is -2.30. The quantitative estimate of drug-likeness (QED) is 0.597. The van der Waals surface area contributed by atoms with Crippen LogP contribution in [0.2, 0.25) is 0 Å². The first-order valence-electron chi connectivity index (χ1n) is 8.13. The maximum atomic E-state index is 11.7. The van der Waals surface area contributed by atoms with Crippen molar-refractivity contribution in [3.05, 3.63) is 29.8 Å². The zero-order chi connectivity index (χ0) is 15.9. The number of carbonyl (C=O) groups is 1. The van der Waals surface area contributed by atoms with Crippen molar-refractivity contribution in [3.8, 4) is 0 Å². The fourth-order valence-electron chi connectivity index (χ4n) is 2.44. The summed E-state index contributed by atoms with van der Waals surface area (Å²) in [6.07, 6.45) is 3.95. The predicted molar refractivity (Wildman–Crippen MR) is 89.0 cm³/mol. The minimum atomic E-state index is -0.126. The molecule has 1 aromatic rings. The maximum Gasteiger partial charge on any atom is 0.319 e. The summed E-state index contributed by atoms with van der Waals surface area (Å²) in [5.74, 6) is 0. The Morgan fingerprint density at radius 2 is 1.95 bits per heavy atom. The van der Waals surface area contributed by atoms with Gasteiger partial charge in [-0.05, 0) is 57.2 Å². The molecule has 2 atom stereocenters. The first kappa shape index (κ1) is 16.8. The Morgan fingerprint density at radius 1 is 1.27 bits per heavy atom. The normalized spacial score (nSPS) is 16.9. The second kappa shape index (κ2) is 8.15. The molecule has 1 aliphatic carbocycles. The van der Waals surface area contributed by atoms with E-state index in [1.165, 1.54) is 5.56 Å². The van der Waals surface area contributed by atoms with Crippen molar-refractivity contribution in [2.75, 3.05) is 11.9 Å². The summed E-state index contributed by atoms with van der Waals surface area (Å²) >= 11 is 0. The second-order valence-electron chi connectivity index (χ2n) is 6.15. The van der Waals surface area contributed by atoms with Crippen LogP contribution in [0, 0.1) is 0 Å². The van der Waals surface area contributed by atoms with Gasteiger partial charge in [0.15, 0.2) is 0 Å². The average Bonchev–Trinajstić information content (AvgIpc) is 3.29. The van der Waals surface area contributed by atoms with Crippen LogP contribution in [-0.2, 0) is 0 Å². The van der Waals surface area contributed by atoms with Crippen LogP contribution in [0.15, 0.2) is 24.3 Å². The Balaban J connectivity index is 1.80. The molecule has 2 amide bonds. The number of anilines is 1. The summed E-state index contributed by atoms with van der Waals surface area (Å²) in [5.41, 5.74) is 1.99. The van der Waals surface area contributed by atoms with Crippen LogP contribution in [0.4, 0.5) is 10.5 Å². The molecule has 22 heavy (non-hydrogen) atoms. The summed E-state index contributed by atoms with van der Waals surface area (Å²) in [6, 6.07) is 8.76. The molecular weight excluding hydrogens is 278 g/mol. The summed E-state index contributed by atoms with van der Waals surface area (Å²) in [4.78, 5) is 11.7. The molecule has 1 fully saturated rings. The van der Waals surface area contributed by atoms with Crippen molar-refractivity contribution in [2.24, 2.45) is 0 Å². The van der Waals surface area contributed by atoms with Crippen molar-refractivity contribution in [1.29, 1.82) is 0 Å². The number of nitrogens with one attached hydrogen (secondary N) is 3. The third-order valence-electron chi connectivity index (χ3n) is 3.91. The Bertz CT molecular complexity index is 471. The number of carbonyl (C=O) groups excluding carboxylic acids is 1. The molecule has 1 aromatic carbocycles.